The maximum absolute atomic E-state index is 12.1. The van der Waals surface area contributed by atoms with E-state index in [1.807, 2.05) is 20.8 Å². The molecule has 3 amide bonds. The molecule has 0 aliphatic carbocycles. The Hall–Kier alpha value is -1.89. The van der Waals surface area contributed by atoms with Gasteiger partial charge in [0.25, 0.3) is 0 Å². The van der Waals surface area contributed by atoms with Gasteiger partial charge in [-0.3, -0.25) is 4.79 Å². The smallest absolute Gasteiger partial charge is 0.318 e. The summed E-state index contributed by atoms with van der Waals surface area (Å²) in [5, 5.41) is 7.74. The fourth-order valence-electron chi connectivity index (χ4n) is 1.39. The normalized spacial score (nSPS) is 10.8. The number of nitrogens with one attached hydrogen (secondary N) is 2. The Kier molecular flexibility index (Phi) is 5.69. The van der Waals surface area contributed by atoms with Crippen LogP contribution in [0.2, 0.25) is 0 Å². The molecule has 0 aliphatic heterocycles. The third-order valence-electron chi connectivity index (χ3n) is 2.13. The molecule has 0 aliphatic rings. The lowest BCUT2D eigenvalue weighted by atomic mass is 10.1. The van der Waals surface area contributed by atoms with Crippen molar-refractivity contribution in [2.24, 2.45) is 0 Å². The van der Waals surface area contributed by atoms with Gasteiger partial charge in [0, 0.05) is 23.7 Å². The van der Waals surface area contributed by atoms with Crippen LogP contribution in [0, 0.1) is 0 Å². The molecule has 0 atom stereocenters. The van der Waals surface area contributed by atoms with E-state index in [2.05, 4.69) is 22.2 Å². The number of thiazole rings is 1. The summed E-state index contributed by atoms with van der Waals surface area (Å²) in [4.78, 5) is 29.3. The molecule has 0 fully saturated rings. The van der Waals surface area contributed by atoms with Crippen molar-refractivity contribution in [2.45, 2.75) is 26.3 Å². The Morgan fingerprint density at radius 3 is 2.70 bits per heavy atom. The van der Waals surface area contributed by atoms with Crippen LogP contribution in [0.4, 0.5) is 9.93 Å². The number of hydrogen-bond donors (Lipinski definition) is 2. The molecule has 7 heteroatoms. The Morgan fingerprint density at radius 2 is 2.20 bits per heavy atom. The molecule has 6 nitrogen and oxygen atoms in total. The van der Waals surface area contributed by atoms with Gasteiger partial charge in [-0.15, -0.1) is 17.9 Å². The lowest BCUT2D eigenvalue weighted by Gasteiger charge is -2.27. The monoisotopic (exact) mass is 296 g/mol. The van der Waals surface area contributed by atoms with Crippen LogP contribution in [0.3, 0.4) is 0 Å². The quantitative estimate of drug-likeness (QED) is 0.817. The molecule has 0 unspecified atom stereocenters. The van der Waals surface area contributed by atoms with Gasteiger partial charge in [0.05, 0.1) is 0 Å². The highest BCUT2D eigenvalue weighted by Gasteiger charge is 2.21. The molecule has 0 radical (unpaired) electrons. The summed E-state index contributed by atoms with van der Waals surface area (Å²) < 4.78 is 0. The first-order valence-corrected chi connectivity index (χ1v) is 7.07. The first kappa shape index (κ1) is 16.2. The van der Waals surface area contributed by atoms with E-state index >= 15 is 0 Å². The standard InChI is InChI=1S/C13H20N4O2S/c1-5-7-17(12(19)16-13(2,3)4)9-10(18)15-11-14-6-8-20-11/h5-6,8H,1,7,9H2,2-4H3,(H,16,19)(H,14,15,18). The van der Waals surface area contributed by atoms with E-state index in [1.165, 1.54) is 16.2 Å². The maximum atomic E-state index is 12.1. The highest BCUT2D eigenvalue weighted by Crippen LogP contribution is 2.10. The number of carbonyl (C=O) groups is 2. The zero-order chi connectivity index (χ0) is 15.2. The summed E-state index contributed by atoms with van der Waals surface area (Å²) in [7, 11) is 0. The summed E-state index contributed by atoms with van der Waals surface area (Å²) in [6.45, 7) is 9.49. The van der Waals surface area contributed by atoms with Gasteiger partial charge in [-0.1, -0.05) is 6.08 Å². The first-order valence-electron chi connectivity index (χ1n) is 6.19. The molecule has 0 bridgehead atoms. The summed E-state index contributed by atoms with van der Waals surface area (Å²) in [5.74, 6) is -0.286. The van der Waals surface area contributed by atoms with E-state index in [-0.39, 0.29) is 24.0 Å². The zero-order valence-corrected chi connectivity index (χ0v) is 12.8. The number of anilines is 1. The van der Waals surface area contributed by atoms with Gasteiger partial charge in [-0.2, -0.15) is 0 Å². The Labute approximate surface area is 122 Å². The van der Waals surface area contributed by atoms with Crippen LogP contribution < -0.4 is 10.6 Å². The SMILES string of the molecule is C=CCN(CC(=O)Nc1nccs1)C(=O)NC(C)(C)C. The van der Waals surface area contributed by atoms with E-state index in [4.69, 9.17) is 0 Å². The predicted octanol–water partition coefficient (Wildman–Crippen LogP) is 2.08. The van der Waals surface area contributed by atoms with Crippen LogP contribution in [-0.4, -0.2) is 40.5 Å². The number of hydrogen-bond acceptors (Lipinski definition) is 4. The predicted molar refractivity (Wildman–Crippen MR) is 80.8 cm³/mol. The summed E-state index contributed by atoms with van der Waals surface area (Å²) in [6.07, 6.45) is 3.19. The molecule has 0 spiro atoms. The van der Waals surface area contributed by atoms with Crippen molar-refractivity contribution >= 4 is 28.4 Å². The minimum atomic E-state index is -0.359. The van der Waals surface area contributed by atoms with E-state index in [1.54, 1.807) is 17.7 Å². The molecule has 0 saturated carbocycles. The lowest BCUT2D eigenvalue weighted by Crippen LogP contribution is -2.50. The van der Waals surface area contributed by atoms with Crippen LogP contribution in [0.15, 0.2) is 24.2 Å². The molecule has 2 N–H and O–H groups in total. The highest BCUT2D eigenvalue weighted by molar-refractivity contribution is 7.13. The van der Waals surface area contributed by atoms with Crippen molar-refractivity contribution in [3.05, 3.63) is 24.2 Å². The minimum absolute atomic E-state index is 0.0481. The van der Waals surface area contributed by atoms with Gasteiger partial charge in [0.15, 0.2) is 5.13 Å². The number of nitrogens with zero attached hydrogens (tertiary/aromatic N) is 2. The van der Waals surface area contributed by atoms with E-state index in [0.717, 1.165) is 0 Å². The molecule has 1 rings (SSSR count). The van der Waals surface area contributed by atoms with Crippen molar-refractivity contribution in [2.75, 3.05) is 18.4 Å². The Morgan fingerprint density at radius 1 is 1.50 bits per heavy atom. The molecular weight excluding hydrogens is 276 g/mol. The van der Waals surface area contributed by atoms with Crippen molar-refractivity contribution < 1.29 is 9.59 Å². The van der Waals surface area contributed by atoms with E-state index in [9.17, 15) is 9.59 Å². The minimum Gasteiger partial charge on any atom is -0.333 e. The van der Waals surface area contributed by atoms with Gasteiger partial charge < -0.3 is 15.5 Å². The number of amides is 3. The average Bonchev–Trinajstić information content (AvgIpc) is 2.78. The van der Waals surface area contributed by atoms with Crippen LogP contribution in [0.1, 0.15) is 20.8 Å². The molecule has 0 aromatic carbocycles. The highest BCUT2D eigenvalue weighted by atomic mass is 32.1. The fraction of sp³-hybridized carbons (Fsp3) is 0.462. The second-order valence-electron chi connectivity index (χ2n) is 5.23. The summed E-state index contributed by atoms with van der Waals surface area (Å²) in [5.41, 5.74) is -0.359. The van der Waals surface area contributed by atoms with E-state index in [0.29, 0.717) is 11.7 Å². The Balaban J connectivity index is 2.59. The number of rotatable bonds is 5. The largest absolute Gasteiger partial charge is 0.333 e. The number of aromatic nitrogens is 1. The zero-order valence-electron chi connectivity index (χ0n) is 12.0. The van der Waals surface area contributed by atoms with Crippen molar-refractivity contribution in [3.63, 3.8) is 0 Å². The van der Waals surface area contributed by atoms with E-state index < -0.39 is 0 Å². The summed E-state index contributed by atoms with van der Waals surface area (Å²) >= 11 is 1.33. The van der Waals surface area contributed by atoms with Gasteiger partial charge in [-0.25, -0.2) is 9.78 Å². The molecule has 1 aromatic rings. The van der Waals surface area contributed by atoms with Crippen molar-refractivity contribution in [3.8, 4) is 0 Å². The van der Waals surface area contributed by atoms with Crippen molar-refractivity contribution in [1.29, 1.82) is 0 Å². The van der Waals surface area contributed by atoms with Gasteiger partial charge in [-0.05, 0) is 20.8 Å². The second-order valence-corrected chi connectivity index (χ2v) is 6.13. The first-order chi connectivity index (χ1) is 9.31. The lowest BCUT2D eigenvalue weighted by molar-refractivity contribution is -0.116. The number of urea groups is 1. The topological polar surface area (TPSA) is 74.3 Å². The van der Waals surface area contributed by atoms with Crippen molar-refractivity contribution in [1.82, 2.24) is 15.2 Å². The van der Waals surface area contributed by atoms with Crippen LogP contribution in [0.5, 0.6) is 0 Å². The summed E-state index contributed by atoms with van der Waals surface area (Å²) in [6, 6.07) is -0.299. The van der Waals surface area contributed by atoms with Gasteiger partial charge in [0.2, 0.25) is 5.91 Å². The fourth-order valence-corrected chi connectivity index (χ4v) is 1.94. The molecule has 20 heavy (non-hydrogen) atoms. The molecule has 0 saturated heterocycles. The third-order valence-corrected chi connectivity index (χ3v) is 2.82. The molecule has 1 heterocycles. The Bertz CT molecular complexity index is 465. The van der Waals surface area contributed by atoms with Gasteiger partial charge in [0.1, 0.15) is 6.54 Å². The van der Waals surface area contributed by atoms with Crippen LogP contribution >= 0.6 is 11.3 Å². The van der Waals surface area contributed by atoms with Crippen LogP contribution in [-0.2, 0) is 4.79 Å². The second kappa shape index (κ2) is 7.04. The number of carbonyl (C=O) groups excluding carboxylic acids is 2. The molecular formula is C13H20N4O2S. The van der Waals surface area contributed by atoms with Gasteiger partial charge >= 0.3 is 6.03 Å². The third kappa shape index (κ3) is 5.83. The molecule has 1 aromatic heterocycles. The maximum Gasteiger partial charge on any atom is 0.318 e. The van der Waals surface area contributed by atoms with Crippen LogP contribution in [0.25, 0.3) is 0 Å². The molecule has 110 valence electrons. The average molecular weight is 296 g/mol.